The van der Waals surface area contributed by atoms with E-state index in [0.29, 0.717) is 11.6 Å². The van der Waals surface area contributed by atoms with Crippen molar-refractivity contribution >= 4 is 28.2 Å². The van der Waals surface area contributed by atoms with Crippen LogP contribution in [0.4, 0.5) is 27.6 Å². The number of amides is 1. The largest absolute Gasteiger partial charge is 0.423 e. The van der Waals surface area contributed by atoms with Crippen LogP contribution in [0, 0.1) is 0 Å². The number of rotatable bonds is 4. The van der Waals surface area contributed by atoms with Crippen molar-refractivity contribution in [3.8, 4) is 11.3 Å². The first-order valence-corrected chi connectivity index (χ1v) is 10.3. The second-order valence-corrected chi connectivity index (χ2v) is 7.67. The number of halogens is 5. The molecule has 5 aromatic rings. The highest BCUT2D eigenvalue weighted by atomic mass is 19.4. The zero-order valence-corrected chi connectivity index (χ0v) is 17.9. The van der Waals surface area contributed by atoms with E-state index in [0.717, 1.165) is 22.8 Å². The van der Waals surface area contributed by atoms with Gasteiger partial charge < -0.3 is 9.73 Å². The Morgan fingerprint density at radius 2 is 1.78 bits per heavy atom. The Kier molecular flexibility index (Phi) is 5.50. The van der Waals surface area contributed by atoms with Crippen LogP contribution in [-0.4, -0.2) is 20.5 Å². The highest BCUT2D eigenvalue weighted by Gasteiger charge is 2.34. The van der Waals surface area contributed by atoms with E-state index >= 15 is 0 Å². The van der Waals surface area contributed by atoms with Crippen LogP contribution in [0.1, 0.15) is 28.0 Å². The summed E-state index contributed by atoms with van der Waals surface area (Å²) in [6.07, 6.45) is -6.65. The lowest BCUT2D eigenvalue weighted by Gasteiger charge is -2.11. The molecule has 1 N–H and O–H groups in total. The van der Waals surface area contributed by atoms with Crippen molar-refractivity contribution in [1.29, 1.82) is 0 Å². The molecule has 12 heteroatoms. The molecule has 0 atom stereocenters. The van der Waals surface area contributed by atoms with Gasteiger partial charge >= 0.3 is 11.8 Å². The van der Waals surface area contributed by atoms with Crippen LogP contribution >= 0.6 is 0 Å². The van der Waals surface area contributed by atoms with Crippen LogP contribution in [0.15, 0.2) is 76.1 Å². The number of hydrogen-bond acceptors (Lipinski definition) is 5. The zero-order valence-electron chi connectivity index (χ0n) is 17.9. The third kappa shape index (κ3) is 4.17. The van der Waals surface area contributed by atoms with E-state index in [1.807, 2.05) is 0 Å². The predicted molar refractivity (Wildman–Crippen MR) is 119 cm³/mol. The van der Waals surface area contributed by atoms with Crippen molar-refractivity contribution in [3.63, 3.8) is 0 Å². The number of carbonyl (C=O) groups excluding carboxylic acids is 1. The molecular formula is C24H13F5N4O3. The number of nitrogens with one attached hydrogen (secondary N) is 1. The first-order chi connectivity index (χ1) is 17.1. The monoisotopic (exact) mass is 500 g/mol. The minimum Gasteiger partial charge on any atom is -0.423 e. The lowest BCUT2D eigenvalue weighted by molar-refractivity contribution is -0.136. The molecular weight excluding hydrogens is 487 g/mol. The predicted octanol–water partition coefficient (Wildman–Crippen LogP) is 5.71. The van der Waals surface area contributed by atoms with Crippen LogP contribution in [-0.2, 0) is 6.18 Å². The average molecular weight is 500 g/mol. The van der Waals surface area contributed by atoms with E-state index in [9.17, 15) is 31.5 Å². The molecule has 182 valence electrons. The summed E-state index contributed by atoms with van der Waals surface area (Å²) in [5.74, 6) is -0.809. The third-order valence-electron chi connectivity index (χ3n) is 5.34. The van der Waals surface area contributed by atoms with Crippen LogP contribution in [0.2, 0.25) is 0 Å². The normalized spacial score (nSPS) is 11.9. The molecule has 1 amide bonds. The fourth-order valence-corrected chi connectivity index (χ4v) is 3.73. The quantitative estimate of drug-likeness (QED) is 0.252. The van der Waals surface area contributed by atoms with Gasteiger partial charge in [-0.3, -0.25) is 4.79 Å². The van der Waals surface area contributed by atoms with Crippen molar-refractivity contribution in [2.24, 2.45) is 0 Å². The summed E-state index contributed by atoms with van der Waals surface area (Å²) in [4.78, 5) is 28.9. The number of carbonyl (C=O) groups is 1. The van der Waals surface area contributed by atoms with Gasteiger partial charge in [-0.1, -0.05) is 30.3 Å². The fourth-order valence-electron chi connectivity index (χ4n) is 3.73. The molecule has 2 aromatic carbocycles. The SMILES string of the molecule is O=C(Nc1ccc2c(C(F)(F)F)cc(=O)oc2c1)c1cnn2c(C(F)F)cc(-c3ccccc3)nc12. The molecule has 0 saturated carbocycles. The summed E-state index contributed by atoms with van der Waals surface area (Å²) in [6, 6.07) is 13.3. The molecule has 3 heterocycles. The van der Waals surface area contributed by atoms with Gasteiger partial charge in [0.05, 0.1) is 17.5 Å². The second kappa shape index (κ2) is 8.56. The number of alkyl halides is 5. The van der Waals surface area contributed by atoms with Gasteiger partial charge in [-0.2, -0.15) is 18.3 Å². The molecule has 3 aromatic heterocycles. The molecule has 0 aliphatic carbocycles. The van der Waals surface area contributed by atoms with Gasteiger partial charge in [0.25, 0.3) is 12.3 Å². The first-order valence-electron chi connectivity index (χ1n) is 10.3. The van der Waals surface area contributed by atoms with E-state index in [4.69, 9.17) is 4.42 Å². The molecule has 0 unspecified atom stereocenters. The number of hydrogen-bond donors (Lipinski definition) is 1. The molecule has 7 nitrogen and oxygen atoms in total. The molecule has 0 bridgehead atoms. The summed E-state index contributed by atoms with van der Waals surface area (Å²) < 4.78 is 73.0. The standard InChI is InChI=1S/C24H13F5N4O3/c25-21(26)18-10-17(12-4-2-1-3-5-12)32-22-15(11-30-33(18)22)23(35)31-13-6-7-14-16(24(27,28)29)9-20(34)36-19(14)8-13/h1-11,21H,(H,31,35). The van der Waals surface area contributed by atoms with E-state index < -0.39 is 41.0 Å². The van der Waals surface area contributed by atoms with Gasteiger partial charge in [-0.05, 0) is 18.2 Å². The number of aromatic nitrogens is 3. The highest BCUT2D eigenvalue weighted by Crippen LogP contribution is 2.34. The van der Waals surface area contributed by atoms with Crippen LogP contribution < -0.4 is 10.9 Å². The Bertz CT molecular complexity index is 1680. The molecule has 5 rings (SSSR count). The van der Waals surface area contributed by atoms with Crippen molar-refractivity contribution < 1.29 is 31.2 Å². The summed E-state index contributed by atoms with van der Waals surface area (Å²) in [5.41, 5.74) is -2.81. The van der Waals surface area contributed by atoms with Crippen molar-refractivity contribution in [3.05, 3.63) is 94.1 Å². The minimum absolute atomic E-state index is 0.00243. The Labute approximate surface area is 197 Å². The second-order valence-electron chi connectivity index (χ2n) is 7.67. The summed E-state index contributed by atoms with van der Waals surface area (Å²) in [6.45, 7) is 0. The molecule has 0 aliphatic heterocycles. The number of benzene rings is 2. The van der Waals surface area contributed by atoms with Crippen molar-refractivity contribution in [2.45, 2.75) is 12.6 Å². The topological polar surface area (TPSA) is 89.5 Å². The summed E-state index contributed by atoms with van der Waals surface area (Å²) >= 11 is 0. The van der Waals surface area contributed by atoms with Crippen molar-refractivity contribution in [2.75, 3.05) is 5.32 Å². The van der Waals surface area contributed by atoms with Crippen LogP contribution in [0.25, 0.3) is 27.9 Å². The molecule has 0 radical (unpaired) electrons. The Balaban J connectivity index is 1.56. The molecule has 0 saturated heterocycles. The lowest BCUT2D eigenvalue weighted by atomic mass is 10.1. The fraction of sp³-hybridized carbons (Fsp3) is 0.0833. The minimum atomic E-state index is -4.79. The van der Waals surface area contributed by atoms with Gasteiger partial charge in [-0.25, -0.2) is 23.1 Å². The number of nitrogens with zero attached hydrogens (tertiary/aromatic N) is 3. The zero-order chi connectivity index (χ0) is 25.6. The number of fused-ring (bicyclic) bond motifs is 2. The Morgan fingerprint density at radius 1 is 1.03 bits per heavy atom. The van der Waals surface area contributed by atoms with Crippen LogP contribution in [0.3, 0.4) is 0 Å². The third-order valence-corrected chi connectivity index (χ3v) is 5.34. The van der Waals surface area contributed by atoms with Gasteiger partial charge in [0, 0.05) is 28.8 Å². The van der Waals surface area contributed by atoms with E-state index in [1.54, 1.807) is 30.3 Å². The molecule has 0 fully saturated rings. The van der Waals surface area contributed by atoms with Crippen LogP contribution in [0.5, 0.6) is 0 Å². The van der Waals surface area contributed by atoms with Gasteiger partial charge in [0.1, 0.15) is 16.8 Å². The molecule has 0 spiro atoms. The Morgan fingerprint density at radius 3 is 2.47 bits per heavy atom. The lowest BCUT2D eigenvalue weighted by Crippen LogP contribution is -2.14. The van der Waals surface area contributed by atoms with E-state index in [2.05, 4.69) is 15.4 Å². The summed E-state index contributed by atoms with van der Waals surface area (Å²) in [5, 5.41) is 5.95. The van der Waals surface area contributed by atoms with E-state index in [-0.39, 0.29) is 28.0 Å². The Hall–Kier alpha value is -4.61. The highest BCUT2D eigenvalue weighted by molar-refractivity contribution is 6.08. The maximum atomic E-state index is 13.7. The smallest absolute Gasteiger partial charge is 0.417 e. The number of anilines is 1. The van der Waals surface area contributed by atoms with Gasteiger partial charge in [0.15, 0.2) is 5.65 Å². The van der Waals surface area contributed by atoms with Gasteiger partial charge in [-0.15, -0.1) is 0 Å². The van der Waals surface area contributed by atoms with Gasteiger partial charge in [0.2, 0.25) is 0 Å². The molecule has 36 heavy (non-hydrogen) atoms. The summed E-state index contributed by atoms with van der Waals surface area (Å²) in [7, 11) is 0. The molecule has 0 aliphatic rings. The van der Waals surface area contributed by atoms with E-state index in [1.165, 1.54) is 12.1 Å². The maximum absolute atomic E-state index is 13.7. The first kappa shape index (κ1) is 23.1. The van der Waals surface area contributed by atoms with Crippen molar-refractivity contribution in [1.82, 2.24) is 14.6 Å². The average Bonchev–Trinajstić information content (AvgIpc) is 3.26. The maximum Gasteiger partial charge on any atom is 0.417 e.